The van der Waals surface area contributed by atoms with E-state index in [0.29, 0.717) is 0 Å². The zero-order valence-corrected chi connectivity index (χ0v) is 9.85. The second kappa shape index (κ2) is 4.95. The summed E-state index contributed by atoms with van der Waals surface area (Å²) >= 11 is 0. The number of carbonyl (C=O) groups excluding carboxylic acids is 1. The lowest BCUT2D eigenvalue weighted by atomic mass is 10.2. The topological polar surface area (TPSA) is 67.6 Å². The van der Waals surface area contributed by atoms with E-state index in [9.17, 15) is 4.79 Å². The lowest BCUT2D eigenvalue weighted by Gasteiger charge is -2.19. The maximum absolute atomic E-state index is 11.1. The highest BCUT2D eigenvalue weighted by Crippen LogP contribution is 2.22. The Labute approximate surface area is 101 Å². The van der Waals surface area contributed by atoms with Crippen molar-refractivity contribution in [3.63, 3.8) is 0 Å². The van der Waals surface area contributed by atoms with Gasteiger partial charge in [-0.15, -0.1) is 0 Å². The second-order valence-electron chi connectivity index (χ2n) is 4.16. The number of rotatable bonds is 2. The van der Waals surface area contributed by atoms with Gasteiger partial charge in [0.15, 0.2) is 0 Å². The Balaban J connectivity index is 1.96. The van der Waals surface area contributed by atoms with Crippen molar-refractivity contribution < 1.29 is 9.53 Å². The van der Waals surface area contributed by atoms with Crippen LogP contribution in [0.15, 0.2) is 24.3 Å². The minimum absolute atomic E-state index is 0.142. The van der Waals surface area contributed by atoms with Gasteiger partial charge in [0.25, 0.3) is 0 Å². The molecular formula is C12H17N3O2. The lowest BCUT2D eigenvalue weighted by Crippen LogP contribution is -2.36. The number of anilines is 2. The number of nitrogens with zero attached hydrogens (tertiary/aromatic N) is 1. The Morgan fingerprint density at radius 1 is 1.59 bits per heavy atom. The first-order chi connectivity index (χ1) is 8.19. The van der Waals surface area contributed by atoms with Crippen LogP contribution in [0.5, 0.6) is 0 Å². The molecule has 0 bridgehead atoms. The maximum Gasteiger partial charge on any atom is 0.407 e. The van der Waals surface area contributed by atoms with Gasteiger partial charge in [-0.25, -0.2) is 4.79 Å². The normalized spacial score (nSPS) is 19.1. The average Bonchev–Trinajstić information content (AvgIpc) is 2.77. The molecule has 1 saturated heterocycles. The van der Waals surface area contributed by atoms with Gasteiger partial charge in [-0.05, 0) is 24.6 Å². The summed E-state index contributed by atoms with van der Waals surface area (Å²) in [6.07, 6.45) is 0.550. The van der Waals surface area contributed by atoms with E-state index in [1.54, 1.807) is 0 Å². The predicted molar refractivity (Wildman–Crippen MR) is 67.0 cm³/mol. The van der Waals surface area contributed by atoms with E-state index in [4.69, 9.17) is 5.73 Å². The smallest absolute Gasteiger partial charge is 0.407 e. The van der Waals surface area contributed by atoms with Gasteiger partial charge in [-0.3, -0.25) is 0 Å². The molecule has 0 radical (unpaired) electrons. The summed E-state index contributed by atoms with van der Waals surface area (Å²) in [5.41, 5.74) is 7.60. The summed E-state index contributed by atoms with van der Waals surface area (Å²) in [5, 5.41) is 2.81. The molecule has 5 heteroatoms. The molecule has 3 N–H and O–H groups in total. The molecule has 0 saturated carbocycles. The van der Waals surface area contributed by atoms with Crippen LogP contribution >= 0.6 is 0 Å². The van der Waals surface area contributed by atoms with Crippen molar-refractivity contribution in [1.82, 2.24) is 5.32 Å². The molecule has 5 nitrogen and oxygen atoms in total. The molecule has 1 aromatic carbocycles. The largest absolute Gasteiger partial charge is 0.453 e. The fraction of sp³-hybridized carbons (Fsp3) is 0.417. The van der Waals surface area contributed by atoms with Gasteiger partial charge in [0.05, 0.1) is 13.2 Å². The number of benzene rings is 1. The molecule has 1 aromatic rings. The SMILES string of the molecule is COC(=O)NC1CCN(c2cccc(N)c2)C1. The van der Waals surface area contributed by atoms with Gasteiger partial charge in [-0.1, -0.05) is 6.07 Å². The van der Waals surface area contributed by atoms with Crippen LogP contribution in [0.1, 0.15) is 6.42 Å². The van der Waals surface area contributed by atoms with E-state index in [1.165, 1.54) is 7.11 Å². The lowest BCUT2D eigenvalue weighted by molar-refractivity contribution is 0.167. The standard InChI is InChI=1S/C12H17N3O2/c1-17-12(16)14-10-5-6-15(8-10)11-4-2-3-9(13)7-11/h2-4,7,10H,5-6,8,13H2,1H3,(H,14,16). The van der Waals surface area contributed by atoms with Crippen LogP contribution in [-0.2, 0) is 4.74 Å². The van der Waals surface area contributed by atoms with Crippen molar-refractivity contribution >= 4 is 17.5 Å². The molecule has 92 valence electrons. The van der Waals surface area contributed by atoms with Crippen molar-refractivity contribution in [3.05, 3.63) is 24.3 Å². The number of nitrogens with one attached hydrogen (secondary N) is 1. The van der Waals surface area contributed by atoms with Gasteiger partial charge in [-0.2, -0.15) is 0 Å². The molecule has 1 fully saturated rings. The quantitative estimate of drug-likeness (QED) is 0.756. The molecule has 0 spiro atoms. The van der Waals surface area contributed by atoms with E-state index in [1.807, 2.05) is 24.3 Å². The number of hydrogen-bond acceptors (Lipinski definition) is 4. The molecule has 0 aliphatic carbocycles. The third kappa shape index (κ3) is 2.81. The molecule has 1 aliphatic heterocycles. The Hall–Kier alpha value is -1.91. The summed E-state index contributed by atoms with van der Waals surface area (Å²) < 4.78 is 4.58. The van der Waals surface area contributed by atoms with Crippen LogP contribution in [0.3, 0.4) is 0 Å². The zero-order valence-electron chi connectivity index (χ0n) is 9.85. The molecule has 1 aliphatic rings. The highest BCUT2D eigenvalue weighted by atomic mass is 16.5. The van der Waals surface area contributed by atoms with Crippen molar-refractivity contribution in [1.29, 1.82) is 0 Å². The van der Waals surface area contributed by atoms with Gasteiger partial charge in [0, 0.05) is 24.5 Å². The molecule has 17 heavy (non-hydrogen) atoms. The molecule has 1 atom stereocenters. The molecule has 1 heterocycles. The van der Waals surface area contributed by atoms with Crippen LogP contribution in [0.25, 0.3) is 0 Å². The molecular weight excluding hydrogens is 218 g/mol. The number of hydrogen-bond donors (Lipinski definition) is 2. The number of amides is 1. The van der Waals surface area contributed by atoms with E-state index >= 15 is 0 Å². The van der Waals surface area contributed by atoms with E-state index in [2.05, 4.69) is 15.0 Å². The number of nitrogens with two attached hydrogens (primary N) is 1. The first-order valence-electron chi connectivity index (χ1n) is 5.64. The fourth-order valence-corrected chi connectivity index (χ4v) is 2.06. The molecule has 1 unspecified atom stereocenters. The van der Waals surface area contributed by atoms with Crippen molar-refractivity contribution in [2.75, 3.05) is 30.8 Å². The first-order valence-corrected chi connectivity index (χ1v) is 5.64. The fourth-order valence-electron chi connectivity index (χ4n) is 2.06. The highest BCUT2D eigenvalue weighted by Gasteiger charge is 2.24. The number of alkyl carbamates (subject to hydrolysis) is 1. The highest BCUT2D eigenvalue weighted by molar-refractivity contribution is 5.67. The van der Waals surface area contributed by atoms with Crippen LogP contribution in [0.4, 0.5) is 16.2 Å². The predicted octanol–water partition coefficient (Wildman–Crippen LogP) is 1.20. The van der Waals surface area contributed by atoms with Gasteiger partial charge >= 0.3 is 6.09 Å². The van der Waals surface area contributed by atoms with Crippen LogP contribution in [0.2, 0.25) is 0 Å². The monoisotopic (exact) mass is 235 g/mol. The van der Waals surface area contributed by atoms with Crippen molar-refractivity contribution in [2.45, 2.75) is 12.5 Å². The number of ether oxygens (including phenoxy) is 1. The molecule has 2 rings (SSSR count). The molecule has 1 amide bonds. The van der Waals surface area contributed by atoms with Gasteiger partial charge in [0.1, 0.15) is 0 Å². The van der Waals surface area contributed by atoms with Gasteiger partial charge in [0.2, 0.25) is 0 Å². The zero-order chi connectivity index (χ0) is 12.3. The minimum Gasteiger partial charge on any atom is -0.453 e. The number of nitrogen functional groups attached to an aromatic ring is 1. The summed E-state index contributed by atoms with van der Waals surface area (Å²) in [6, 6.07) is 7.91. The summed E-state index contributed by atoms with van der Waals surface area (Å²) in [7, 11) is 1.37. The summed E-state index contributed by atoms with van der Waals surface area (Å²) in [4.78, 5) is 13.3. The van der Waals surface area contributed by atoms with Crippen LogP contribution in [0, 0.1) is 0 Å². The summed E-state index contributed by atoms with van der Waals surface area (Å²) in [6.45, 7) is 1.71. The third-order valence-corrected chi connectivity index (χ3v) is 2.93. The number of methoxy groups -OCH3 is 1. The minimum atomic E-state index is -0.371. The summed E-state index contributed by atoms with van der Waals surface area (Å²) in [5.74, 6) is 0. The van der Waals surface area contributed by atoms with E-state index in [-0.39, 0.29) is 12.1 Å². The Bertz CT molecular complexity index is 408. The van der Waals surface area contributed by atoms with E-state index < -0.39 is 0 Å². The Kier molecular flexibility index (Phi) is 3.37. The van der Waals surface area contributed by atoms with Crippen molar-refractivity contribution in [3.8, 4) is 0 Å². The third-order valence-electron chi connectivity index (χ3n) is 2.93. The first kappa shape index (κ1) is 11.6. The Morgan fingerprint density at radius 3 is 3.12 bits per heavy atom. The van der Waals surface area contributed by atoms with Crippen molar-refractivity contribution in [2.24, 2.45) is 0 Å². The van der Waals surface area contributed by atoms with Crippen LogP contribution < -0.4 is 16.0 Å². The van der Waals surface area contributed by atoms with E-state index in [0.717, 1.165) is 30.9 Å². The average molecular weight is 235 g/mol. The van der Waals surface area contributed by atoms with Gasteiger partial charge < -0.3 is 20.7 Å². The maximum atomic E-state index is 11.1. The molecule has 0 aromatic heterocycles. The number of carbonyl (C=O) groups is 1. The second-order valence-corrected chi connectivity index (χ2v) is 4.16. The Morgan fingerprint density at radius 2 is 2.41 bits per heavy atom. The van der Waals surface area contributed by atoms with Crippen LogP contribution in [-0.4, -0.2) is 32.3 Å².